The van der Waals surface area contributed by atoms with E-state index in [0.29, 0.717) is 11.8 Å². The van der Waals surface area contributed by atoms with Gasteiger partial charge in [0.2, 0.25) is 5.91 Å². The summed E-state index contributed by atoms with van der Waals surface area (Å²) in [7, 11) is 0. The van der Waals surface area contributed by atoms with Crippen LogP contribution < -0.4 is 0 Å². The molecule has 2 aromatic rings. The Kier molecular flexibility index (Phi) is 2.98. The minimum absolute atomic E-state index is 0.277. The number of benzene rings is 1. The van der Waals surface area contributed by atoms with Crippen molar-refractivity contribution < 1.29 is 4.79 Å². The van der Waals surface area contributed by atoms with Crippen molar-refractivity contribution in [3.63, 3.8) is 0 Å². The molecule has 0 N–H and O–H groups in total. The van der Waals surface area contributed by atoms with E-state index in [9.17, 15) is 4.79 Å². The molecular weight excluding hydrogens is 264 g/mol. The van der Waals surface area contributed by atoms with Crippen molar-refractivity contribution in [2.45, 2.75) is 25.3 Å². The second-order valence-corrected chi connectivity index (χ2v) is 5.97. The van der Waals surface area contributed by atoms with Crippen LogP contribution in [0.4, 0.5) is 0 Å². The van der Waals surface area contributed by atoms with E-state index in [2.05, 4.69) is 10.3 Å². The predicted octanol–water partition coefficient (Wildman–Crippen LogP) is 2.13. The van der Waals surface area contributed by atoms with Crippen molar-refractivity contribution in [3.8, 4) is 11.3 Å². The highest BCUT2D eigenvalue weighted by Gasteiger charge is 2.37. The quantitative estimate of drug-likeness (QED) is 0.866. The minimum atomic E-state index is 0.277. The normalized spacial score (nSPS) is 19.1. The Morgan fingerprint density at radius 2 is 1.90 bits per heavy atom. The molecule has 0 unspecified atom stereocenters. The van der Waals surface area contributed by atoms with Gasteiger partial charge in [0.1, 0.15) is 5.69 Å². The van der Waals surface area contributed by atoms with E-state index < -0.39 is 0 Å². The summed E-state index contributed by atoms with van der Waals surface area (Å²) in [6.07, 6.45) is 5.32. The minimum Gasteiger partial charge on any atom is -0.338 e. The average Bonchev–Trinajstić information content (AvgIpc) is 2.85. The van der Waals surface area contributed by atoms with Crippen LogP contribution in [0.15, 0.2) is 36.5 Å². The molecule has 2 heterocycles. The van der Waals surface area contributed by atoms with E-state index >= 15 is 0 Å². The molecule has 0 spiro atoms. The average molecular weight is 282 g/mol. The smallest absolute Gasteiger partial charge is 0.225 e. The molecule has 2 aliphatic rings. The van der Waals surface area contributed by atoms with Crippen molar-refractivity contribution in [2.75, 3.05) is 13.1 Å². The number of nitrogens with zero attached hydrogens (tertiary/aromatic N) is 4. The van der Waals surface area contributed by atoms with Crippen LogP contribution in [0.1, 0.15) is 25.3 Å². The molecule has 21 heavy (non-hydrogen) atoms. The van der Waals surface area contributed by atoms with Gasteiger partial charge in [0.05, 0.1) is 12.2 Å². The fraction of sp³-hybridized carbons (Fsp3) is 0.438. The number of amides is 1. The van der Waals surface area contributed by atoms with Crippen molar-refractivity contribution >= 4 is 5.91 Å². The number of likely N-dealkylation sites (tertiary alicyclic amines) is 1. The third kappa shape index (κ3) is 2.22. The standard InChI is InChI=1S/C16H18N4O/c21-16(13-7-4-8-13)19-9-14(10-19)20-11-15(17-18-20)12-5-2-1-3-6-12/h1-3,5-6,11,13-14H,4,7-10H2. The Morgan fingerprint density at radius 1 is 1.14 bits per heavy atom. The monoisotopic (exact) mass is 282 g/mol. The molecule has 5 heteroatoms. The molecule has 1 saturated heterocycles. The van der Waals surface area contributed by atoms with E-state index in [1.807, 2.05) is 46.1 Å². The molecule has 1 saturated carbocycles. The van der Waals surface area contributed by atoms with Gasteiger partial charge in [-0.25, -0.2) is 4.68 Å². The van der Waals surface area contributed by atoms with Gasteiger partial charge in [-0.05, 0) is 12.8 Å². The third-order valence-electron chi connectivity index (χ3n) is 4.58. The first-order valence-corrected chi connectivity index (χ1v) is 7.57. The van der Waals surface area contributed by atoms with Crippen LogP contribution in [-0.4, -0.2) is 38.9 Å². The Labute approximate surface area is 123 Å². The van der Waals surface area contributed by atoms with E-state index in [4.69, 9.17) is 0 Å². The van der Waals surface area contributed by atoms with Crippen LogP contribution >= 0.6 is 0 Å². The van der Waals surface area contributed by atoms with Crippen molar-refractivity contribution in [2.24, 2.45) is 5.92 Å². The number of aromatic nitrogens is 3. The van der Waals surface area contributed by atoms with Crippen LogP contribution in [0, 0.1) is 5.92 Å². The van der Waals surface area contributed by atoms with Gasteiger partial charge in [-0.1, -0.05) is 42.0 Å². The first-order valence-electron chi connectivity index (χ1n) is 7.57. The molecule has 108 valence electrons. The zero-order valence-corrected chi connectivity index (χ0v) is 11.9. The Morgan fingerprint density at radius 3 is 2.57 bits per heavy atom. The lowest BCUT2D eigenvalue weighted by molar-refractivity contribution is -0.144. The zero-order valence-electron chi connectivity index (χ0n) is 11.9. The van der Waals surface area contributed by atoms with Gasteiger partial charge in [-0.15, -0.1) is 5.10 Å². The van der Waals surface area contributed by atoms with Crippen LogP contribution in [0.5, 0.6) is 0 Å². The summed E-state index contributed by atoms with van der Waals surface area (Å²) in [5.74, 6) is 0.627. The van der Waals surface area contributed by atoms with Crippen molar-refractivity contribution in [1.82, 2.24) is 19.9 Å². The molecule has 5 nitrogen and oxygen atoms in total. The van der Waals surface area contributed by atoms with Gasteiger partial charge < -0.3 is 4.90 Å². The molecule has 1 aliphatic carbocycles. The molecular formula is C16H18N4O. The van der Waals surface area contributed by atoms with Gasteiger partial charge >= 0.3 is 0 Å². The van der Waals surface area contributed by atoms with Gasteiger partial charge in [0.15, 0.2) is 0 Å². The fourth-order valence-corrected chi connectivity index (χ4v) is 2.91. The molecule has 1 aliphatic heterocycles. The molecule has 2 fully saturated rings. The molecule has 1 aromatic heterocycles. The summed E-state index contributed by atoms with van der Waals surface area (Å²) >= 11 is 0. The van der Waals surface area contributed by atoms with E-state index in [-0.39, 0.29) is 6.04 Å². The summed E-state index contributed by atoms with van der Waals surface area (Å²) in [6.45, 7) is 1.54. The Hall–Kier alpha value is -2.17. The molecule has 0 radical (unpaired) electrons. The highest BCUT2D eigenvalue weighted by Crippen LogP contribution is 2.32. The summed E-state index contributed by atoms with van der Waals surface area (Å²) in [5, 5.41) is 8.45. The molecule has 1 aromatic carbocycles. The lowest BCUT2D eigenvalue weighted by atomic mass is 9.83. The molecule has 1 amide bonds. The lowest BCUT2D eigenvalue weighted by Crippen LogP contribution is -2.53. The van der Waals surface area contributed by atoms with Crippen LogP contribution in [0.2, 0.25) is 0 Å². The number of carbonyl (C=O) groups is 1. The van der Waals surface area contributed by atoms with Crippen molar-refractivity contribution in [3.05, 3.63) is 36.5 Å². The fourth-order valence-electron chi connectivity index (χ4n) is 2.91. The number of hydrogen-bond donors (Lipinski definition) is 0. The van der Waals surface area contributed by atoms with Crippen LogP contribution in [-0.2, 0) is 4.79 Å². The molecule has 0 bridgehead atoms. The molecule has 0 atom stereocenters. The third-order valence-corrected chi connectivity index (χ3v) is 4.58. The van der Waals surface area contributed by atoms with Crippen LogP contribution in [0.3, 0.4) is 0 Å². The number of rotatable bonds is 3. The first kappa shape index (κ1) is 12.6. The summed E-state index contributed by atoms with van der Waals surface area (Å²) in [4.78, 5) is 14.0. The maximum absolute atomic E-state index is 12.1. The maximum Gasteiger partial charge on any atom is 0.225 e. The second-order valence-electron chi connectivity index (χ2n) is 5.97. The van der Waals surface area contributed by atoms with Gasteiger partial charge in [0, 0.05) is 24.6 Å². The summed E-state index contributed by atoms with van der Waals surface area (Å²) < 4.78 is 1.90. The number of carbonyl (C=O) groups excluding carboxylic acids is 1. The topological polar surface area (TPSA) is 51.0 Å². The van der Waals surface area contributed by atoms with Gasteiger partial charge in [-0.3, -0.25) is 4.79 Å². The Balaban J connectivity index is 1.40. The largest absolute Gasteiger partial charge is 0.338 e. The van der Waals surface area contributed by atoms with E-state index in [0.717, 1.165) is 37.2 Å². The zero-order chi connectivity index (χ0) is 14.2. The van der Waals surface area contributed by atoms with Gasteiger partial charge in [-0.2, -0.15) is 0 Å². The van der Waals surface area contributed by atoms with Crippen molar-refractivity contribution in [1.29, 1.82) is 0 Å². The highest BCUT2D eigenvalue weighted by molar-refractivity contribution is 5.80. The lowest BCUT2D eigenvalue weighted by Gasteiger charge is -2.42. The van der Waals surface area contributed by atoms with E-state index in [1.54, 1.807) is 0 Å². The Bertz CT molecular complexity index is 641. The predicted molar refractivity (Wildman–Crippen MR) is 78.4 cm³/mol. The second kappa shape index (κ2) is 4.98. The maximum atomic E-state index is 12.1. The summed E-state index contributed by atoms with van der Waals surface area (Å²) in [6, 6.07) is 10.3. The van der Waals surface area contributed by atoms with E-state index in [1.165, 1.54) is 6.42 Å². The number of hydrogen-bond acceptors (Lipinski definition) is 3. The first-order chi connectivity index (χ1) is 10.3. The van der Waals surface area contributed by atoms with Gasteiger partial charge in [0.25, 0.3) is 0 Å². The highest BCUT2D eigenvalue weighted by atomic mass is 16.2. The van der Waals surface area contributed by atoms with Crippen LogP contribution in [0.25, 0.3) is 11.3 Å². The molecule has 4 rings (SSSR count). The summed E-state index contributed by atoms with van der Waals surface area (Å²) in [5.41, 5.74) is 1.96. The SMILES string of the molecule is O=C(C1CCC1)N1CC(n2cc(-c3ccccc3)nn2)C1.